The van der Waals surface area contributed by atoms with E-state index in [1.165, 1.54) is 0 Å². The number of anilines is 1. The number of carbonyl (C=O) groups is 1. The van der Waals surface area contributed by atoms with Gasteiger partial charge >= 0.3 is 0 Å². The molecular weight excluding hydrogens is 320 g/mol. The van der Waals surface area contributed by atoms with E-state index in [0.29, 0.717) is 18.0 Å². The van der Waals surface area contributed by atoms with E-state index in [-0.39, 0.29) is 5.91 Å². The first kappa shape index (κ1) is 15.3. The standard InChI is InChI=1S/C20H19ClN2O/c1-20(2)13-17(14-6-4-3-5-7-14)16-12-15(21)8-9-18(16)22-11-10-19(24)23(20)22/h3-9,12-13H,10-11H2,1-2H3. The summed E-state index contributed by atoms with van der Waals surface area (Å²) in [5, 5.41) is 4.68. The van der Waals surface area contributed by atoms with E-state index < -0.39 is 5.54 Å². The molecule has 24 heavy (non-hydrogen) atoms. The number of benzene rings is 2. The van der Waals surface area contributed by atoms with Gasteiger partial charge in [-0.25, -0.2) is 5.01 Å². The fourth-order valence-corrected chi connectivity index (χ4v) is 3.87. The largest absolute Gasteiger partial charge is 0.281 e. The molecule has 2 aromatic carbocycles. The van der Waals surface area contributed by atoms with Crippen molar-refractivity contribution in [3.63, 3.8) is 0 Å². The van der Waals surface area contributed by atoms with Gasteiger partial charge in [0.2, 0.25) is 5.91 Å². The van der Waals surface area contributed by atoms with Gasteiger partial charge in [-0.3, -0.25) is 9.80 Å². The molecule has 1 amide bonds. The number of nitrogens with zero attached hydrogens (tertiary/aromatic N) is 2. The molecule has 2 aliphatic heterocycles. The molecule has 0 aromatic heterocycles. The number of hydrogen-bond acceptors (Lipinski definition) is 2. The lowest BCUT2D eigenvalue weighted by atomic mass is 9.91. The molecule has 122 valence electrons. The van der Waals surface area contributed by atoms with Crippen molar-refractivity contribution in [3.8, 4) is 0 Å². The van der Waals surface area contributed by atoms with E-state index >= 15 is 0 Å². The van der Waals surface area contributed by atoms with E-state index in [1.807, 2.05) is 41.4 Å². The Morgan fingerprint density at radius 2 is 1.83 bits per heavy atom. The van der Waals surface area contributed by atoms with Crippen molar-refractivity contribution in [3.05, 3.63) is 70.8 Å². The Bertz CT molecular complexity index is 842. The monoisotopic (exact) mass is 338 g/mol. The number of fused-ring (bicyclic) bond motifs is 3. The first-order valence-electron chi connectivity index (χ1n) is 8.16. The van der Waals surface area contributed by atoms with Crippen LogP contribution < -0.4 is 5.01 Å². The van der Waals surface area contributed by atoms with Crippen molar-refractivity contribution in [2.75, 3.05) is 11.6 Å². The van der Waals surface area contributed by atoms with Crippen molar-refractivity contribution in [2.45, 2.75) is 25.8 Å². The lowest BCUT2D eigenvalue weighted by Crippen LogP contribution is -2.51. The van der Waals surface area contributed by atoms with Gasteiger partial charge in [-0.2, -0.15) is 0 Å². The molecule has 0 N–H and O–H groups in total. The minimum Gasteiger partial charge on any atom is -0.281 e. The first-order valence-corrected chi connectivity index (χ1v) is 8.54. The van der Waals surface area contributed by atoms with Crippen molar-refractivity contribution >= 4 is 28.8 Å². The number of hydrogen-bond donors (Lipinski definition) is 0. The second-order valence-corrected chi connectivity index (χ2v) is 7.25. The summed E-state index contributed by atoms with van der Waals surface area (Å²) in [4.78, 5) is 12.5. The van der Waals surface area contributed by atoms with Crippen LogP contribution in [0.5, 0.6) is 0 Å². The first-order chi connectivity index (χ1) is 11.5. The molecule has 2 aliphatic rings. The van der Waals surface area contributed by atoms with Crippen LogP contribution in [0.15, 0.2) is 54.6 Å². The second kappa shape index (κ2) is 5.38. The summed E-state index contributed by atoms with van der Waals surface area (Å²) in [6.45, 7) is 4.87. The van der Waals surface area contributed by atoms with Crippen molar-refractivity contribution in [2.24, 2.45) is 0 Å². The molecule has 2 heterocycles. The van der Waals surface area contributed by atoms with E-state index in [1.54, 1.807) is 0 Å². The molecular formula is C20H19ClN2O. The third kappa shape index (κ3) is 2.31. The maximum atomic E-state index is 12.5. The summed E-state index contributed by atoms with van der Waals surface area (Å²) in [6, 6.07) is 16.2. The molecule has 0 atom stereocenters. The van der Waals surface area contributed by atoms with Crippen LogP contribution in [0.3, 0.4) is 0 Å². The Labute approximate surface area is 147 Å². The number of rotatable bonds is 1. The van der Waals surface area contributed by atoms with Crippen LogP contribution in [0.4, 0.5) is 5.69 Å². The summed E-state index contributed by atoms with van der Waals surface area (Å²) in [6.07, 6.45) is 2.72. The number of amides is 1. The van der Waals surface area contributed by atoms with Crippen LogP contribution in [0.2, 0.25) is 5.02 Å². The molecule has 0 bridgehead atoms. The summed E-state index contributed by atoms with van der Waals surface area (Å²) >= 11 is 6.30. The lowest BCUT2D eigenvalue weighted by Gasteiger charge is -2.39. The van der Waals surface area contributed by atoms with Gasteiger partial charge in [0.15, 0.2) is 0 Å². The molecule has 0 unspecified atom stereocenters. The van der Waals surface area contributed by atoms with Crippen LogP contribution in [-0.2, 0) is 4.79 Å². The number of carbonyl (C=O) groups excluding carboxylic acids is 1. The topological polar surface area (TPSA) is 23.6 Å². The molecule has 2 aromatic rings. The molecule has 0 aliphatic carbocycles. The van der Waals surface area contributed by atoms with Gasteiger partial charge in [-0.15, -0.1) is 0 Å². The lowest BCUT2D eigenvalue weighted by molar-refractivity contribution is -0.131. The summed E-state index contributed by atoms with van der Waals surface area (Å²) in [5.41, 5.74) is 3.93. The van der Waals surface area contributed by atoms with Crippen LogP contribution in [-0.4, -0.2) is 23.0 Å². The van der Waals surface area contributed by atoms with Gasteiger partial charge in [-0.05, 0) is 49.3 Å². The quantitative estimate of drug-likeness (QED) is 0.763. The molecule has 1 fully saturated rings. The van der Waals surface area contributed by atoms with Crippen LogP contribution in [0, 0.1) is 0 Å². The van der Waals surface area contributed by atoms with Gasteiger partial charge in [0.1, 0.15) is 0 Å². The Hall–Kier alpha value is -2.26. The Balaban J connectivity index is 2.01. The van der Waals surface area contributed by atoms with E-state index in [2.05, 4.69) is 37.1 Å². The number of halogens is 1. The van der Waals surface area contributed by atoms with Gasteiger partial charge in [-0.1, -0.05) is 41.9 Å². The predicted molar refractivity (Wildman–Crippen MR) is 97.9 cm³/mol. The molecule has 0 spiro atoms. The van der Waals surface area contributed by atoms with Crippen molar-refractivity contribution in [1.82, 2.24) is 5.01 Å². The summed E-state index contributed by atoms with van der Waals surface area (Å²) in [5.74, 6) is 0.159. The predicted octanol–water partition coefficient (Wildman–Crippen LogP) is 4.52. The summed E-state index contributed by atoms with van der Waals surface area (Å²) < 4.78 is 0. The molecule has 4 rings (SSSR count). The van der Waals surface area contributed by atoms with E-state index in [4.69, 9.17) is 11.6 Å². The van der Waals surface area contributed by atoms with Gasteiger partial charge < -0.3 is 0 Å². The highest BCUT2D eigenvalue weighted by molar-refractivity contribution is 6.31. The van der Waals surface area contributed by atoms with Crippen LogP contribution in [0.1, 0.15) is 31.4 Å². The third-order valence-electron chi connectivity index (χ3n) is 4.67. The third-order valence-corrected chi connectivity index (χ3v) is 4.91. The Kier molecular flexibility index (Phi) is 3.43. The smallest absolute Gasteiger partial charge is 0.243 e. The van der Waals surface area contributed by atoms with Crippen LogP contribution in [0.25, 0.3) is 5.57 Å². The molecule has 1 saturated heterocycles. The van der Waals surface area contributed by atoms with Crippen LogP contribution >= 0.6 is 11.6 Å². The average Bonchev–Trinajstić information content (AvgIpc) is 2.91. The molecule has 0 saturated carbocycles. The van der Waals surface area contributed by atoms with Crippen molar-refractivity contribution < 1.29 is 4.79 Å². The van der Waals surface area contributed by atoms with Gasteiger partial charge in [0, 0.05) is 23.6 Å². The fraction of sp³-hybridized carbons (Fsp3) is 0.250. The molecule has 4 heteroatoms. The minimum absolute atomic E-state index is 0.159. The highest BCUT2D eigenvalue weighted by atomic mass is 35.5. The Morgan fingerprint density at radius 1 is 1.08 bits per heavy atom. The zero-order chi connectivity index (χ0) is 16.9. The second-order valence-electron chi connectivity index (χ2n) is 6.82. The maximum absolute atomic E-state index is 12.5. The normalized spacial score (nSPS) is 18.8. The zero-order valence-electron chi connectivity index (χ0n) is 13.8. The molecule has 0 radical (unpaired) electrons. The zero-order valence-corrected chi connectivity index (χ0v) is 14.5. The van der Waals surface area contributed by atoms with Gasteiger partial charge in [0.05, 0.1) is 11.2 Å². The number of hydrazine groups is 1. The fourth-order valence-electron chi connectivity index (χ4n) is 3.70. The Morgan fingerprint density at radius 3 is 2.58 bits per heavy atom. The maximum Gasteiger partial charge on any atom is 0.243 e. The summed E-state index contributed by atoms with van der Waals surface area (Å²) in [7, 11) is 0. The molecule has 3 nitrogen and oxygen atoms in total. The van der Waals surface area contributed by atoms with Crippen molar-refractivity contribution in [1.29, 1.82) is 0 Å². The van der Waals surface area contributed by atoms with E-state index in [0.717, 1.165) is 22.4 Å². The minimum atomic E-state index is -0.412. The van der Waals surface area contributed by atoms with Gasteiger partial charge in [0.25, 0.3) is 0 Å². The average molecular weight is 339 g/mol. The van der Waals surface area contributed by atoms with E-state index in [9.17, 15) is 4.79 Å². The highest BCUT2D eigenvalue weighted by Gasteiger charge is 2.42. The SMILES string of the molecule is CC1(C)C=C(c2ccccc2)c2cc(Cl)ccc2N2CCC(=O)N21. The highest BCUT2D eigenvalue weighted by Crippen LogP contribution is 2.42.